The van der Waals surface area contributed by atoms with Crippen LogP contribution in [0.15, 0.2) is 0 Å². The fourth-order valence-electron chi connectivity index (χ4n) is 0.152. The van der Waals surface area contributed by atoms with E-state index in [2.05, 4.69) is 4.74 Å². The quantitative estimate of drug-likeness (QED) is 0.420. The fraction of sp³-hybridized carbons (Fsp3) is 0.667. The molecule has 3 nitrogen and oxygen atoms in total. The maximum Gasteiger partial charge on any atom is 0.319 e. The van der Waals surface area contributed by atoms with Crippen molar-refractivity contribution in [3.05, 3.63) is 0 Å². The third-order valence-corrected chi connectivity index (χ3v) is 1.25. The second kappa shape index (κ2) is 3.86. The lowest BCUT2D eigenvalue weighted by Gasteiger charge is -1.90. The highest BCUT2D eigenvalue weighted by atomic mass is 35.7. The van der Waals surface area contributed by atoms with Gasteiger partial charge in [0.2, 0.25) is 0 Å². The molecule has 0 amide bonds. The van der Waals surface area contributed by atoms with E-state index in [0.717, 1.165) is 0 Å². The Morgan fingerprint density at radius 2 is 2.38 bits per heavy atom. The number of hydrogen-bond donors (Lipinski definition) is 0. The highest BCUT2D eigenvalue weighted by molar-refractivity contribution is 8.08. The Morgan fingerprint density at radius 3 is 2.50 bits per heavy atom. The second-order valence-electron chi connectivity index (χ2n) is 1.01. The van der Waals surface area contributed by atoms with Crippen molar-refractivity contribution in [2.45, 2.75) is 0 Å². The molecule has 1 unspecified atom stereocenters. The average molecular weight is 157 g/mol. The molecule has 1 atom stereocenters. The van der Waals surface area contributed by atoms with Crippen molar-refractivity contribution in [1.82, 2.24) is 0 Å². The molecule has 0 aromatic rings. The molecule has 0 bridgehead atoms. The van der Waals surface area contributed by atoms with Crippen molar-refractivity contribution in [2.24, 2.45) is 0 Å². The number of ether oxygens (including phenoxy) is 1. The van der Waals surface area contributed by atoms with E-state index in [1.165, 1.54) is 7.11 Å². The molecule has 0 heterocycles. The van der Waals surface area contributed by atoms with E-state index in [0.29, 0.717) is 0 Å². The summed E-state index contributed by atoms with van der Waals surface area (Å²) in [6, 6.07) is 0. The van der Waals surface area contributed by atoms with Gasteiger partial charge in [0.15, 0.2) is 0 Å². The van der Waals surface area contributed by atoms with Crippen LogP contribution in [0.1, 0.15) is 0 Å². The van der Waals surface area contributed by atoms with Crippen molar-refractivity contribution >= 4 is 26.7 Å². The van der Waals surface area contributed by atoms with Crippen LogP contribution in [0.2, 0.25) is 0 Å². The predicted octanol–water partition coefficient (Wildman–Crippen LogP) is 0.0619. The molecule has 0 aromatic heterocycles. The molecular formula is C3H5ClO3S. The molecule has 0 fully saturated rings. The van der Waals surface area contributed by atoms with Crippen LogP contribution in [0, 0.1) is 0 Å². The summed E-state index contributed by atoms with van der Waals surface area (Å²) < 4.78 is 14.1. The van der Waals surface area contributed by atoms with Crippen LogP contribution in [0.3, 0.4) is 0 Å². The van der Waals surface area contributed by atoms with Gasteiger partial charge in [0, 0.05) is 0 Å². The maximum absolute atomic E-state index is 10.1. The summed E-state index contributed by atoms with van der Waals surface area (Å²) in [5, 5.41) is 0. The van der Waals surface area contributed by atoms with Crippen molar-refractivity contribution in [2.75, 3.05) is 12.9 Å². The van der Waals surface area contributed by atoms with Crippen molar-refractivity contribution in [1.29, 1.82) is 0 Å². The van der Waals surface area contributed by atoms with Crippen LogP contribution in [0.4, 0.5) is 0 Å². The topological polar surface area (TPSA) is 43.4 Å². The SMILES string of the molecule is COC(=O)CS(=O)Cl. The van der Waals surface area contributed by atoms with E-state index < -0.39 is 16.0 Å². The van der Waals surface area contributed by atoms with E-state index in [-0.39, 0.29) is 5.75 Å². The van der Waals surface area contributed by atoms with Crippen LogP contribution < -0.4 is 0 Å². The van der Waals surface area contributed by atoms with Gasteiger partial charge in [0.1, 0.15) is 15.8 Å². The molecule has 0 aliphatic rings. The Bertz CT molecular complexity index is 113. The molecule has 0 radical (unpaired) electrons. The van der Waals surface area contributed by atoms with E-state index in [1.807, 2.05) is 0 Å². The Kier molecular flexibility index (Phi) is 3.81. The Balaban J connectivity index is 3.40. The first-order valence-corrected chi connectivity index (χ1v) is 3.92. The number of halogens is 1. The van der Waals surface area contributed by atoms with E-state index in [1.54, 1.807) is 0 Å². The van der Waals surface area contributed by atoms with Gasteiger partial charge in [-0.25, -0.2) is 4.21 Å². The Morgan fingerprint density at radius 1 is 1.88 bits per heavy atom. The summed E-state index contributed by atoms with van der Waals surface area (Å²) in [5.41, 5.74) is 0. The first kappa shape index (κ1) is 7.91. The zero-order valence-electron chi connectivity index (χ0n) is 4.22. The molecule has 0 saturated heterocycles. The Hall–Kier alpha value is -0.0900. The summed E-state index contributed by atoms with van der Waals surface area (Å²) in [5.74, 6) is -0.795. The summed E-state index contributed by atoms with van der Waals surface area (Å²) >= 11 is 0. The molecule has 0 aromatic carbocycles. The van der Waals surface area contributed by atoms with E-state index in [9.17, 15) is 9.00 Å². The van der Waals surface area contributed by atoms with Crippen molar-refractivity contribution in [3.63, 3.8) is 0 Å². The predicted molar refractivity (Wildman–Crippen MR) is 30.9 cm³/mol. The van der Waals surface area contributed by atoms with Gasteiger partial charge in [-0.3, -0.25) is 4.79 Å². The smallest absolute Gasteiger partial charge is 0.319 e. The van der Waals surface area contributed by atoms with Gasteiger partial charge < -0.3 is 4.74 Å². The number of carbonyl (C=O) groups excluding carboxylic acids is 1. The number of methoxy groups -OCH3 is 1. The zero-order valence-corrected chi connectivity index (χ0v) is 5.79. The standard InChI is InChI=1S/C3H5ClO3S/c1-7-3(5)2-8(4)6/h2H2,1H3. The summed E-state index contributed by atoms with van der Waals surface area (Å²) in [4.78, 5) is 10.1. The van der Waals surface area contributed by atoms with Gasteiger partial charge in [-0.1, -0.05) is 0 Å². The minimum atomic E-state index is -1.60. The first-order valence-electron chi connectivity index (χ1n) is 1.78. The minimum absolute atomic E-state index is 0.238. The average Bonchev–Trinajstić information content (AvgIpc) is 1.65. The molecule has 0 aliphatic carbocycles. The van der Waals surface area contributed by atoms with Gasteiger partial charge in [0.25, 0.3) is 0 Å². The van der Waals surface area contributed by atoms with E-state index >= 15 is 0 Å². The summed E-state index contributed by atoms with van der Waals surface area (Å²) in [7, 11) is 4.54. The van der Waals surface area contributed by atoms with Gasteiger partial charge in [-0.15, -0.1) is 0 Å². The molecule has 0 aliphatic heterocycles. The molecular weight excluding hydrogens is 152 g/mol. The number of rotatable bonds is 2. The van der Waals surface area contributed by atoms with Crippen LogP contribution >= 0.6 is 10.7 Å². The van der Waals surface area contributed by atoms with Crippen LogP contribution in [-0.2, 0) is 19.5 Å². The molecule has 0 rings (SSSR count). The lowest BCUT2D eigenvalue weighted by atomic mass is 10.8. The number of esters is 1. The highest BCUT2D eigenvalue weighted by Gasteiger charge is 2.02. The zero-order chi connectivity index (χ0) is 6.57. The molecule has 0 spiro atoms. The van der Waals surface area contributed by atoms with E-state index in [4.69, 9.17) is 10.7 Å². The number of hydrogen-bond acceptors (Lipinski definition) is 3. The lowest BCUT2D eigenvalue weighted by molar-refractivity contribution is -0.137. The second-order valence-corrected chi connectivity index (χ2v) is 2.91. The first-order chi connectivity index (χ1) is 3.66. The molecule has 8 heavy (non-hydrogen) atoms. The highest BCUT2D eigenvalue weighted by Crippen LogP contribution is 1.87. The molecule has 5 heteroatoms. The van der Waals surface area contributed by atoms with Crippen molar-refractivity contribution < 1.29 is 13.7 Å². The summed E-state index contributed by atoms with van der Waals surface area (Å²) in [6.45, 7) is 0. The molecule has 0 saturated carbocycles. The van der Waals surface area contributed by atoms with Gasteiger partial charge in [0.05, 0.1) is 7.11 Å². The van der Waals surface area contributed by atoms with Gasteiger partial charge in [-0.05, 0) is 10.7 Å². The Labute approximate surface area is 53.9 Å². The maximum atomic E-state index is 10.1. The van der Waals surface area contributed by atoms with Crippen LogP contribution in [0.25, 0.3) is 0 Å². The largest absolute Gasteiger partial charge is 0.468 e. The third-order valence-electron chi connectivity index (χ3n) is 0.459. The van der Waals surface area contributed by atoms with Crippen LogP contribution in [0.5, 0.6) is 0 Å². The fourth-order valence-corrected chi connectivity index (χ4v) is 0.722. The summed E-state index contributed by atoms with van der Waals surface area (Å²) in [6.07, 6.45) is 0. The third kappa shape index (κ3) is 4.08. The van der Waals surface area contributed by atoms with Crippen molar-refractivity contribution in [3.8, 4) is 0 Å². The normalized spacial score (nSPS) is 12.8. The monoisotopic (exact) mass is 156 g/mol. The van der Waals surface area contributed by atoms with Crippen LogP contribution in [-0.4, -0.2) is 23.0 Å². The molecule has 48 valence electrons. The van der Waals surface area contributed by atoms with Gasteiger partial charge in [-0.2, -0.15) is 0 Å². The minimum Gasteiger partial charge on any atom is -0.468 e. The van der Waals surface area contributed by atoms with Gasteiger partial charge >= 0.3 is 5.97 Å². The lowest BCUT2D eigenvalue weighted by Crippen LogP contribution is -2.07. The molecule has 0 N–H and O–H groups in total. The number of carbonyl (C=O) groups is 1.